The zero-order chi connectivity index (χ0) is 26.8. The van der Waals surface area contributed by atoms with Crippen LogP contribution in [0.5, 0.6) is 0 Å². The van der Waals surface area contributed by atoms with E-state index in [2.05, 4.69) is 147 Å². The third-order valence-corrected chi connectivity index (χ3v) is 9.87. The van der Waals surface area contributed by atoms with Gasteiger partial charge in [-0.1, -0.05) is 129 Å². The maximum atomic E-state index is 2.46. The number of hydrogen-bond donors (Lipinski definition) is 0. The lowest BCUT2D eigenvalue weighted by molar-refractivity contribution is 0.660. The fourth-order valence-electron chi connectivity index (χ4n) is 6.79. The number of rotatable bonds is 3. The summed E-state index contributed by atoms with van der Waals surface area (Å²) in [5, 5.41) is 5.22. The number of benzene rings is 6. The van der Waals surface area contributed by atoms with Crippen molar-refractivity contribution in [3.05, 3.63) is 145 Å². The third-order valence-electron chi connectivity index (χ3n) is 8.71. The van der Waals surface area contributed by atoms with E-state index < -0.39 is 0 Å². The van der Waals surface area contributed by atoms with Crippen molar-refractivity contribution in [2.75, 3.05) is 0 Å². The van der Waals surface area contributed by atoms with E-state index in [1.165, 1.54) is 75.8 Å². The summed E-state index contributed by atoms with van der Waals surface area (Å²) >= 11 is 1.88. The lowest BCUT2D eigenvalue weighted by atomic mass is 9.80. The second-order valence-corrected chi connectivity index (χ2v) is 12.4. The quantitative estimate of drug-likeness (QED) is 0.200. The molecule has 190 valence electrons. The van der Waals surface area contributed by atoms with E-state index in [1.807, 2.05) is 11.3 Å². The van der Waals surface area contributed by atoms with Crippen molar-refractivity contribution >= 4 is 32.9 Å². The summed E-state index contributed by atoms with van der Waals surface area (Å²) in [5.74, 6) is 0. The second-order valence-electron chi connectivity index (χ2n) is 11.3. The molecule has 7 aromatic rings. The molecule has 0 spiro atoms. The minimum Gasteiger partial charge on any atom is -0.135 e. The Morgan fingerprint density at radius 2 is 0.975 bits per heavy atom. The van der Waals surface area contributed by atoms with E-state index in [-0.39, 0.29) is 5.41 Å². The topological polar surface area (TPSA) is 0 Å². The Morgan fingerprint density at radius 1 is 0.425 bits per heavy atom. The van der Waals surface area contributed by atoms with Gasteiger partial charge < -0.3 is 0 Å². The first-order valence-electron chi connectivity index (χ1n) is 13.9. The van der Waals surface area contributed by atoms with Crippen molar-refractivity contribution in [1.82, 2.24) is 0 Å². The Kier molecular flexibility index (Phi) is 5.14. The lowest BCUT2D eigenvalue weighted by Crippen LogP contribution is -2.14. The van der Waals surface area contributed by atoms with Crippen LogP contribution in [0.3, 0.4) is 0 Å². The minimum absolute atomic E-state index is 0.0295. The van der Waals surface area contributed by atoms with E-state index in [0.29, 0.717) is 0 Å². The Hall–Kier alpha value is -4.46. The first-order valence-corrected chi connectivity index (χ1v) is 14.8. The predicted molar refractivity (Wildman–Crippen MR) is 173 cm³/mol. The second kappa shape index (κ2) is 8.78. The van der Waals surface area contributed by atoms with E-state index in [4.69, 9.17) is 0 Å². The molecule has 0 fully saturated rings. The van der Waals surface area contributed by atoms with E-state index >= 15 is 0 Å². The fourth-order valence-corrected chi connectivity index (χ4v) is 7.88. The molecule has 1 aliphatic carbocycles. The molecule has 0 aliphatic heterocycles. The van der Waals surface area contributed by atoms with Crippen LogP contribution >= 0.6 is 11.3 Å². The normalized spacial score (nSPS) is 13.4. The van der Waals surface area contributed by atoms with Gasteiger partial charge in [-0.25, -0.2) is 0 Å². The van der Waals surface area contributed by atoms with Gasteiger partial charge in [-0.2, -0.15) is 0 Å². The number of thiophene rings is 1. The van der Waals surface area contributed by atoms with Gasteiger partial charge in [0.05, 0.1) is 0 Å². The van der Waals surface area contributed by atoms with Crippen LogP contribution in [0.15, 0.2) is 133 Å². The molecule has 1 heteroatoms. The highest BCUT2D eigenvalue weighted by molar-refractivity contribution is 7.19. The summed E-state index contributed by atoms with van der Waals surface area (Å²) in [5.41, 5.74) is 10.7. The Bertz CT molecular complexity index is 2020. The smallest absolute Gasteiger partial charge is 0.0361 e. The van der Waals surface area contributed by atoms with Crippen molar-refractivity contribution in [1.29, 1.82) is 0 Å². The number of hydrogen-bond acceptors (Lipinski definition) is 1. The Balaban J connectivity index is 1.39. The van der Waals surface area contributed by atoms with Crippen molar-refractivity contribution in [3.8, 4) is 43.1 Å². The average Bonchev–Trinajstić information content (AvgIpc) is 3.57. The molecule has 6 aromatic carbocycles. The van der Waals surface area contributed by atoms with Crippen LogP contribution in [-0.2, 0) is 5.41 Å². The van der Waals surface area contributed by atoms with Gasteiger partial charge in [0, 0.05) is 20.7 Å². The van der Waals surface area contributed by atoms with Gasteiger partial charge in [-0.3, -0.25) is 0 Å². The van der Waals surface area contributed by atoms with Crippen LogP contribution in [-0.4, -0.2) is 0 Å². The van der Waals surface area contributed by atoms with E-state index in [1.54, 1.807) is 0 Å². The highest BCUT2D eigenvalue weighted by atomic mass is 32.1. The summed E-state index contributed by atoms with van der Waals surface area (Å²) in [6.07, 6.45) is 0. The first kappa shape index (κ1) is 23.4. The van der Waals surface area contributed by atoms with Crippen LogP contribution in [0.2, 0.25) is 0 Å². The first-order chi connectivity index (χ1) is 19.6. The molecule has 0 radical (unpaired) electrons. The van der Waals surface area contributed by atoms with Crippen LogP contribution in [0.1, 0.15) is 25.0 Å². The van der Waals surface area contributed by atoms with Crippen LogP contribution in [0.4, 0.5) is 0 Å². The van der Waals surface area contributed by atoms with Crippen molar-refractivity contribution in [3.63, 3.8) is 0 Å². The SMILES string of the molecule is CC1(C)c2ccccc2-c2ccc(-c3c4ccccc4c(-c4ccc(-c5ccccc5)s4)c4ccccc34)cc21. The minimum atomic E-state index is -0.0295. The highest BCUT2D eigenvalue weighted by Crippen LogP contribution is 2.51. The molecule has 1 aliphatic rings. The molecule has 0 amide bonds. The van der Waals surface area contributed by atoms with Gasteiger partial charge in [0.25, 0.3) is 0 Å². The molecule has 0 saturated carbocycles. The molecule has 0 saturated heterocycles. The van der Waals surface area contributed by atoms with Crippen LogP contribution in [0.25, 0.3) is 64.7 Å². The standard InChI is InChI=1S/C39H28S/c1-39(2)33-19-11-10-14-27(33)28-21-20-26(24-34(28)39)37-29-15-6-8-17-31(29)38(32-18-9-7-16-30(32)37)36-23-22-35(40-36)25-12-4-3-5-13-25/h3-24H,1-2H3. The van der Waals surface area contributed by atoms with E-state index in [0.717, 1.165) is 0 Å². The predicted octanol–water partition coefficient (Wildman–Crippen LogP) is 11.4. The largest absolute Gasteiger partial charge is 0.135 e. The van der Waals surface area contributed by atoms with Gasteiger partial charge in [0.15, 0.2) is 0 Å². The summed E-state index contributed by atoms with van der Waals surface area (Å²) in [7, 11) is 0. The maximum Gasteiger partial charge on any atom is 0.0361 e. The highest BCUT2D eigenvalue weighted by Gasteiger charge is 2.35. The van der Waals surface area contributed by atoms with E-state index in [9.17, 15) is 0 Å². The lowest BCUT2D eigenvalue weighted by Gasteiger charge is -2.23. The van der Waals surface area contributed by atoms with Crippen LogP contribution in [0, 0.1) is 0 Å². The number of fused-ring (bicyclic) bond motifs is 5. The molecule has 0 nitrogen and oxygen atoms in total. The monoisotopic (exact) mass is 528 g/mol. The zero-order valence-electron chi connectivity index (χ0n) is 22.6. The van der Waals surface area contributed by atoms with Gasteiger partial charge in [-0.15, -0.1) is 11.3 Å². The third kappa shape index (κ3) is 3.38. The molecule has 1 aromatic heterocycles. The molecule has 0 N–H and O–H groups in total. The van der Waals surface area contributed by atoms with Gasteiger partial charge in [-0.05, 0) is 78.7 Å². The zero-order valence-corrected chi connectivity index (χ0v) is 23.4. The molecule has 1 heterocycles. The van der Waals surface area contributed by atoms with Crippen molar-refractivity contribution in [2.24, 2.45) is 0 Å². The van der Waals surface area contributed by atoms with Crippen LogP contribution < -0.4 is 0 Å². The molecule has 40 heavy (non-hydrogen) atoms. The average molecular weight is 529 g/mol. The molecular formula is C39H28S. The summed E-state index contributed by atoms with van der Waals surface area (Å²) in [4.78, 5) is 2.61. The Labute approximate surface area is 239 Å². The molecule has 8 rings (SSSR count). The van der Waals surface area contributed by atoms with Gasteiger partial charge in [0.2, 0.25) is 0 Å². The summed E-state index contributed by atoms with van der Waals surface area (Å²) in [6, 6.07) is 49.2. The molecule has 0 atom stereocenters. The molecular weight excluding hydrogens is 500 g/mol. The van der Waals surface area contributed by atoms with Gasteiger partial charge >= 0.3 is 0 Å². The molecule has 0 unspecified atom stereocenters. The van der Waals surface area contributed by atoms with Crippen molar-refractivity contribution < 1.29 is 0 Å². The fraction of sp³-hybridized carbons (Fsp3) is 0.0769. The Morgan fingerprint density at radius 3 is 1.68 bits per heavy atom. The van der Waals surface area contributed by atoms with Crippen molar-refractivity contribution in [2.45, 2.75) is 19.3 Å². The summed E-state index contributed by atoms with van der Waals surface area (Å²) < 4.78 is 0. The van der Waals surface area contributed by atoms with Gasteiger partial charge in [0.1, 0.15) is 0 Å². The molecule has 0 bridgehead atoms. The maximum absolute atomic E-state index is 2.46. The summed E-state index contributed by atoms with van der Waals surface area (Å²) in [6.45, 7) is 4.73.